The van der Waals surface area contributed by atoms with Gasteiger partial charge in [0.2, 0.25) is 0 Å². The third-order valence-corrected chi connectivity index (χ3v) is 4.72. The Labute approximate surface area is 154 Å². The van der Waals surface area contributed by atoms with Gasteiger partial charge in [-0.2, -0.15) is 0 Å². The van der Waals surface area contributed by atoms with Crippen molar-refractivity contribution in [1.29, 1.82) is 0 Å². The Balaban J connectivity index is 0.000000150. The van der Waals surface area contributed by atoms with Crippen molar-refractivity contribution in [3.8, 4) is 11.5 Å². The first kappa shape index (κ1) is 18.7. The quantitative estimate of drug-likeness (QED) is 0.547. The summed E-state index contributed by atoms with van der Waals surface area (Å²) in [4.78, 5) is 8.47. The maximum Gasteiger partial charge on any atom is 0.135 e. The molecule has 0 radical (unpaired) electrons. The van der Waals surface area contributed by atoms with Crippen LogP contribution in [0.2, 0.25) is 0 Å². The summed E-state index contributed by atoms with van der Waals surface area (Å²) in [7, 11) is -1.11. The predicted molar refractivity (Wildman–Crippen MR) is 99.2 cm³/mol. The molecule has 0 fully saturated rings. The van der Waals surface area contributed by atoms with Crippen LogP contribution in [0, 0.1) is 0 Å². The van der Waals surface area contributed by atoms with Crippen molar-refractivity contribution >= 4 is 61.6 Å². The molecule has 0 spiro atoms. The van der Waals surface area contributed by atoms with Crippen molar-refractivity contribution in [2.75, 3.05) is 5.34 Å². The molecule has 0 saturated carbocycles. The highest BCUT2D eigenvalue weighted by atomic mass is 35.5. The van der Waals surface area contributed by atoms with E-state index in [4.69, 9.17) is 33.4 Å². The van der Waals surface area contributed by atoms with Crippen LogP contribution in [0.1, 0.15) is 5.69 Å². The number of nitrogens with zero attached hydrogens (tertiary/aromatic N) is 2. The molecule has 0 bridgehead atoms. The zero-order chi connectivity index (χ0) is 17.5. The highest BCUT2D eigenvalue weighted by Gasteiger charge is 2.13. The lowest BCUT2D eigenvalue weighted by Crippen LogP contribution is -1.86. The van der Waals surface area contributed by atoms with Gasteiger partial charge in [0.25, 0.3) is 0 Å². The van der Waals surface area contributed by atoms with Crippen LogP contribution >= 0.6 is 34.5 Å². The average Bonchev–Trinajstić information content (AvgIpc) is 3.15. The van der Waals surface area contributed by atoms with Crippen molar-refractivity contribution in [3.63, 3.8) is 0 Å². The Morgan fingerprint density at radius 3 is 2.54 bits per heavy atom. The number of aromatic nitrogens is 2. The Kier molecular flexibility index (Phi) is 6.99. The monoisotopic (exact) mass is 402 g/mol. The number of hydrogen-bond donors (Lipinski definition) is 2. The molecule has 4 rings (SSSR count). The molecule has 0 saturated heterocycles. The molecule has 9 heteroatoms. The van der Waals surface area contributed by atoms with Crippen LogP contribution in [-0.2, 0) is 10.8 Å². The van der Waals surface area contributed by atoms with Gasteiger partial charge in [-0.3, -0.25) is 9.97 Å². The van der Waals surface area contributed by atoms with E-state index < -0.39 is 10.8 Å². The number of pyridine rings is 2. The number of aromatic hydroxyl groups is 2. The lowest BCUT2D eigenvalue weighted by molar-refractivity contribution is 0.470. The van der Waals surface area contributed by atoms with Crippen molar-refractivity contribution < 1.29 is 14.4 Å². The third kappa shape index (κ3) is 4.91. The second kappa shape index (κ2) is 8.98. The molecule has 2 N–H and O–H groups in total. The largest absolute Gasteiger partial charge is 0.506 e. The van der Waals surface area contributed by atoms with Gasteiger partial charge in [0.1, 0.15) is 11.5 Å². The van der Waals surface area contributed by atoms with Crippen LogP contribution in [0.3, 0.4) is 0 Å². The summed E-state index contributed by atoms with van der Waals surface area (Å²) in [6, 6.07) is 5.12. The summed E-state index contributed by atoms with van der Waals surface area (Å²) in [5, 5.41) is 21.7. The minimum Gasteiger partial charge on any atom is -0.506 e. The average molecular weight is 403 g/mol. The van der Waals surface area contributed by atoms with Crippen LogP contribution in [-0.4, -0.2) is 29.7 Å². The number of alkyl halides is 2. The maximum absolute atomic E-state index is 11.1. The number of hydrogen-bond acceptors (Lipinski definition) is 6. The van der Waals surface area contributed by atoms with E-state index in [0.717, 1.165) is 10.2 Å². The maximum atomic E-state index is 11.1. The molecule has 3 aromatic rings. The molecule has 0 aliphatic carbocycles. The van der Waals surface area contributed by atoms with E-state index in [2.05, 4.69) is 9.97 Å². The van der Waals surface area contributed by atoms with Gasteiger partial charge in [-0.05, 0) is 17.5 Å². The Hall–Kier alpha value is -1.67. The van der Waals surface area contributed by atoms with E-state index in [9.17, 15) is 4.21 Å². The fourth-order valence-corrected chi connectivity index (χ4v) is 3.50. The smallest absolute Gasteiger partial charge is 0.135 e. The van der Waals surface area contributed by atoms with Crippen LogP contribution in [0.4, 0.5) is 0 Å². The van der Waals surface area contributed by atoms with Crippen molar-refractivity contribution in [2.24, 2.45) is 0 Å². The number of halogens is 2. The summed E-state index contributed by atoms with van der Waals surface area (Å²) < 4.78 is 12.1. The minimum atomic E-state index is -1.11. The number of rotatable bonds is 0. The van der Waals surface area contributed by atoms with Gasteiger partial charge >= 0.3 is 0 Å². The molecular weight excluding hydrogens is 391 g/mol. The van der Waals surface area contributed by atoms with E-state index in [1.54, 1.807) is 28.9 Å². The first-order valence-corrected chi connectivity index (χ1v) is 9.63. The molecule has 126 valence electrons. The molecule has 1 atom stereocenters. The van der Waals surface area contributed by atoms with Gasteiger partial charge in [0.05, 0.1) is 49.3 Å². The molecule has 24 heavy (non-hydrogen) atoms. The predicted octanol–water partition coefficient (Wildman–Crippen LogP) is 4.30. The van der Waals surface area contributed by atoms with E-state index in [1.165, 1.54) is 18.5 Å². The van der Waals surface area contributed by atoms with Crippen LogP contribution in [0.5, 0.6) is 11.5 Å². The fourth-order valence-electron chi connectivity index (χ4n) is 1.77. The second-order valence-electron chi connectivity index (χ2n) is 4.28. The summed E-state index contributed by atoms with van der Waals surface area (Å²) in [5.41, 5.74) is 1.63. The molecule has 1 aliphatic rings. The van der Waals surface area contributed by atoms with Crippen LogP contribution in [0.25, 0.3) is 16.3 Å². The first-order valence-electron chi connectivity index (χ1n) is 6.47. The highest BCUT2D eigenvalue weighted by molar-refractivity contribution is 7.88. The minimum absolute atomic E-state index is 0.0563. The van der Waals surface area contributed by atoms with Crippen molar-refractivity contribution in [2.45, 2.75) is 4.90 Å². The molecule has 5 nitrogen and oxygen atoms in total. The molecular formula is C15H12Cl2N2O3S2. The van der Waals surface area contributed by atoms with Gasteiger partial charge in [-0.15, -0.1) is 34.5 Å². The molecule has 4 heterocycles. The lowest BCUT2D eigenvalue weighted by atomic mass is 10.3. The normalized spacial score (nSPS) is 14.3. The van der Waals surface area contributed by atoms with E-state index in [1.807, 2.05) is 11.4 Å². The van der Waals surface area contributed by atoms with Gasteiger partial charge in [-0.25, -0.2) is 4.21 Å². The standard InChI is InChI=1S/C7H5NO2S.C7H5NOS.CH2Cl2/c9-5-3-7-6(8-4-5)1-2-11(7)10;9-5-3-7-6(8-4-5)1-2-10-7;2-1-3/h1-4,9H;1-4,9H;1H2. The third-order valence-electron chi connectivity index (χ3n) is 2.72. The van der Waals surface area contributed by atoms with Gasteiger partial charge in [0, 0.05) is 17.5 Å². The Bertz CT molecular complexity index is 884. The van der Waals surface area contributed by atoms with Gasteiger partial charge in [-0.1, -0.05) is 0 Å². The summed E-state index contributed by atoms with van der Waals surface area (Å²) in [5.74, 6) is 0.288. The SMILES string of the molecule is ClCCl.O=S1C=Cc2ncc(O)cc21.Oc1cnc2ccsc2c1. The van der Waals surface area contributed by atoms with Crippen LogP contribution in [0.15, 0.2) is 46.3 Å². The van der Waals surface area contributed by atoms with Gasteiger partial charge in [0.15, 0.2) is 0 Å². The molecule has 0 amide bonds. The van der Waals surface area contributed by atoms with Crippen molar-refractivity contribution in [3.05, 3.63) is 47.1 Å². The zero-order valence-electron chi connectivity index (χ0n) is 12.1. The molecule has 0 aromatic carbocycles. The Morgan fingerprint density at radius 2 is 1.79 bits per heavy atom. The number of thiophene rings is 1. The summed E-state index contributed by atoms with van der Waals surface area (Å²) >= 11 is 11.1. The van der Waals surface area contributed by atoms with E-state index in [0.29, 0.717) is 10.6 Å². The molecule has 1 unspecified atom stereocenters. The van der Waals surface area contributed by atoms with E-state index in [-0.39, 0.29) is 16.8 Å². The summed E-state index contributed by atoms with van der Waals surface area (Å²) in [6.45, 7) is 0. The molecule has 1 aliphatic heterocycles. The first-order chi connectivity index (χ1) is 11.5. The van der Waals surface area contributed by atoms with Crippen LogP contribution < -0.4 is 0 Å². The lowest BCUT2D eigenvalue weighted by Gasteiger charge is -1.95. The molecule has 3 aromatic heterocycles. The summed E-state index contributed by atoms with van der Waals surface area (Å²) in [6.07, 6.45) is 4.48. The number of fused-ring (bicyclic) bond motifs is 2. The van der Waals surface area contributed by atoms with Crippen molar-refractivity contribution in [1.82, 2.24) is 9.97 Å². The zero-order valence-corrected chi connectivity index (χ0v) is 15.2. The van der Waals surface area contributed by atoms with E-state index >= 15 is 0 Å². The topological polar surface area (TPSA) is 83.3 Å². The highest BCUT2D eigenvalue weighted by Crippen LogP contribution is 2.24. The fraction of sp³-hybridized carbons (Fsp3) is 0.0667. The van der Waals surface area contributed by atoms with Gasteiger partial charge < -0.3 is 10.2 Å². The Morgan fingerprint density at radius 1 is 1.12 bits per heavy atom. The second-order valence-corrected chi connectivity index (χ2v) is 7.34.